The fourth-order valence-corrected chi connectivity index (χ4v) is 2.98. The highest BCUT2D eigenvalue weighted by atomic mass is 32.2. The molecule has 3 aromatic rings. The maximum atomic E-state index is 12.3. The molecule has 1 amide bonds. The topological polar surface area (TPSA) is 57.8 Å². The predicted molar refractivity (Wildman–Crippen MR) is 93.5 cm³/mol. The second kappa shape index (κ2) is 6.59. The van der Waals surface area contributed by atoms with Gasteiger partial charge in [0.05, 0.1) is 5.56 Å². The predicted octanol–water partition coefficient (Wildman–Crippen LogP) is 3.87. The van der Waals surface area contributed by atoms with Gasteiger partial charge >= 0.3 is 0 Å². The van der Waals surface area contributed by atoms with Gasteiger partial charge in [-0.1, -0.05) is 24.3 Å². The van der Waals surface area contributed by atoms with E-state index in [1.54, 1.807) is 18.0 Å². The number of nitrogens with zero attached hydrogens (tertiary/aromatic N) is 2. The van der Waals surface area contributed by atoms with Gasteiger partial charge in [0.15, 0.2) is 0 Å². The number of amides is 1. The molecule has 0 unspecified atom stereocenters. The summed E-state index contributed by atoms with van der Waals surface area (Å²) in [4.78, 5) is 13.4. The maximum absolute atomic E-state index is 12.3. The highest BCUT2D eigenvalue weighted by Crippen LogP contribution is 2.21. The molecule has 0 saturated carbocycles. The first kappa shape index (κ1) is 15.2. The van der Waals surface area contributed by atoms with E-state index in [2.05, 4.69) is 11.4 Å². The number of carbonyl (C=O) groups excluding carboxylic acids is 1. The van der Waals surface area contributed by atoms with Crippen LogP contribution in [0.2, 0.25) is 0 Å². The van der Waals surface area contributed by atoms with Gasteiger partial charge in [-0.15, -0.1) is 11.8 Å². The van der Waals surface area contributed by atoms with E-state index in [-0.39, 0.29) is 12.5 Å². The lowest BCUT2D eigenvalue weighted by molar-refractivity contribution is -0.116. The van der Waals surface area contributed by atoms with Crippen LogP contribution in [0.1, 0.15) is 5.56 Å². The highest BCUT2D eigenvalue weighted by molar-refractivity contribution is 7.98. The van der Waals surface area contributed by atoms with Gasteiger partial charge in [-0.25, -0.2) is 0 Å². The van der Waals surface area contributed by atoms with Crippen molar-refractivity contribution in [2.75, 3.05) is 11.6 Å². The van der Waals surface area contributed by atoms with Crippen molar-refractivity contribution >= 4 is 34.3 Å². The first-order chi connectivity index (χ1) is 11.2. The van der Waals surface area contributed by atoms with E-state index >= 15 is 0 Å². The number of thioether (sulfide) groups is 1. The third kappa shape index (κ3) is 3.22. The normalized spacial score (nSPS) is 10.4. The molecule has 0 bridgehead atoms. The van der Waals surface area contributed by atoms with E-state index in [9.17, 15) is 10.1 Å². The summed E-state index contributed by atoms with van der Waals surface area (Å²) in [6.07, 6.45) is 3.72. The molecular formula is C18H15N3OS. The van der Waals surface area contributed by atoms with E-state index in [1.165, 1.54) is 0 Å². The molecule has 114 valence electrons. The maximum Gasteiger partial charge on any atom is 0.244 e. The van der Waals surface area contributed by atoms with Gasteiger partial charge < -0.3 is 9.88 Å². The van der Waals surface area contributed by atoms with Crippen molar-refractivity contribution in [2.45, 2.75) is 11.4 Å². The van der Waals surface area contributed by atoms with Crippen LogP contribution in [0, 0.1) is 11.3 Å². The van der Waals surface area contributed by atoms with E-state index in [1.807, 2.05) is 59.4 Å². The zero-order valence-corrected chi connectivity index (χ0v) is 13.4. The average Bonchev–Trinajstić information content (AvgIpc) is 2.93. The highest BCUT2D eigenvalue weighted by Gasteiger charge is 2.10. The molecule has 0 fully saturated rings. The Bertz CT molecular complexity index is 908. The van der Waals surface area contributed by atoms with Crippen LogP contribution in [0.25, 0.3) is 10.9 Å². The second-order valence-corrected chi connectivity index (χ2v) is 5.96. The number of anilines is 1. The minimum Gasteiger partial charge on any atom is -0.337 e. The summed E-state index contributed by atoms with van der Waals surface area (Å²) in [7, 11) is 0. The molecule has 23 heavy (non-hydrogen) atoms. The van der Waals surface area contributed by atoms with Gasteiger partial charge in [0.25, 0.3) is 0 Å². The standard InChI is InChI=1S/C18H15N3OS/c1-23-15-6-4-5-14(9-15)20-18(22)12-21-11-13(10-19)16-7-2-3-8-17(16)21/h2-9,11H,12H2,1H3,(H,20,22). The summed E-state index contributed by atoms with van der Waals surface area (Å²) in [5.74, 6) is -0.117. The largest absolute Gasteiger partial charge is 0.337 e. The van der Waals surface area contributed by atoms with Crippen molar-refractivity contribution in [3.8, 4) is 6.07 Å². The molecule has 0 atom stereocenters. The molecular weight excluding hydrogens is 306 g/mol. The number of para-hydroxylation sites is 1. The molecule has 0 aliphatic rings. The Kier molecular flexibility index (Phi) is 4.35. The van der Waals surface area contributed by atoms with E-state index in [0.29, 0.717) is 5.56 Å². The molecule has 0 radical (unpaired) electrons. The smallest absolute Gasteiger partial charge is 0.244 e. The van der Waals surface area contributed by atoms with Crippen LogP contribution < -0.4 is 5.32 Å². The minimum absolute atomic E-state index is 0.117. The van der Waals surface area contributed by atoms with Crippen molar-refractivity contribution in [2.24, 2.45) is 0 Å². The fraction of sp³-hybridized carbons (Fsp3) is 0.111. The zero-order chi connectivity index (χ0) is 16.2. The Balaban J connectivity index is 1.82. The Morgan fingerprint density at radius 3 is 2.87 bits per heavy atom. The van der Waals surface area contributed by atoms with Gasteiger partial charge in [-0.05, 0) is 30.5 Å². The number of hydrogen-bond donors (Lipinski definition) is 1. The molecule has 0 saturated heterocycles. The van der Waals surface area contributed by atoms with Crippen LogP contribution in [-0.4, -0.2) is 16.7 Å². The van der Waals surface area contributed by atoms with E-state index < -0.39 is 0 Å². The van der Waals surface area contributed by atoms with Crippen molar-refractivity contribution in [3.05, 3.63) is 60.3 Å². The lowest BCUT2D eigenvalue weighted by Gasteiger charge is -2.08. The lowest BCUT2D eigenvalue weighted by atomic mass is 10.2. The summed E-state index contributed by atoms with van der Waals surface area (Å²) in [6, 6.07) is 17.5. The van der Waals surface area contributed by atoms with E-state index in [0.717, 1.165) is 21.5 Å². The van der Waals surface area contributed by atoms with Crippen LogP contribution in [0.5, 0.6) is 0 Å². The third-order valence-corrected chi connectivity index (χ3v) is 4.30. The van der Waals surface area contributed by atoms with Gasteiger partial charge in [0.2, 0.25) is 5.91 Å². The van der Waals surface area contributed by atoms with Crippen molar-refractivity contribution in [1.29, 1.82) is 5.26 Å². The zero-order valence-electron chi connectivity index (χ0n) is 12.6. The number of carbonyl (C=O) groups is 1. The number of rotatable bonds is 4. The Labute approximate surface area is 138 Å². The molecule has 5 heteroatoms. The van der Waals surface area contributed by atoms with Gasteiger partial charge in [-0.3, -0.25) is 4.79 Å². The van der Waals surface area contributed by atoms with E-state index in [4.69, 9.17) is 0 Å². The summed E-state index contributed by atoms with van der Waals surface area (Å²) in [6.45, 7) is 0.172. The third-order valence-electron chi connectivity index (χ3n) is 3.58. The lowest BCUT2D eigenvalue weighted by Crippen LogP contribution is -2.18. The molecule has 2 aromatic carbocycles. The Morgan fingerprint density at radius 1 is 1.26 bits per heavy atom. The van der Waals surface area contributed by atoms with Crippen LogP contribution in [0.3, 0.4) is 0 Å². The van der Waals surface area contributed by atoms with Crippen LogP contribution in [-0.2, 0) is 11.3 Å². The van der Waals surface area contributed by atoms with Crippen molar-refractivity contribution in [3.63, 3.8) is 0 Å². The summed E-state index contributed by atoms with van der Waals surface area (Å²) in [5, 5.41) is 13.0. The number of fused-ring (bicyclic) bond motifs is 1. The molecule has 0 aliphatic carbocycles. The molecule has 1 heterocycles. The number of nitriles is 1. The second-order valence-electron chi connectivity index (χ2n) is 5.08. The molecule has 4 nitrogen and oxygen atoms in total. The number of aromatic nitrogens is 1. The summed E-state index contributed by atoms with van der Waals surface area (Å²) < 4.78 is 1.81. The minimum atomic E-state index is -0.117. The van der Waals surface area contributed by atoms with Gasteiger partial charge in [-0.2, -0.15) is 5.26 Å². The van der Waals surface area contributed by atoms with Crippen LogP contribution in [0.4, 0.5) is 5.69 Å². The summed E-state index contributed by atoms with van der Waals surface area (Å²) >= 11 is 1.63. The van der Waals surface area contributed by atoms with Crippen molar-refractivity contribution in [1.82, 2.24) is 4.57 Å². The molecule has 0 spiro atoms. The average molecular weight is 321 g/mol. The number of nitrogens with one attached hydrogen (secondary N) is 1. The molecule has 3 rings (SSSR count). The first-order valence-electron chi connectivity index (χ1n) is 7.13. The first-order valence-corrected chi connectivity index (χ1v) is 8.35. The molecule has 1 aromatic heterocycles. The molecule has 0 aliphatic heterocycles. The Morgan fingerprint density at radius 2 is 2.09 bits per heavy atom. The van der Waals surface area contributed by atoms with Crippen LogP contribution in [0.15, 0.2) is 59.6 Å². The monoisotopic (exact) mass is 321 g/mol. The van der Waals surface area contributed by atoms with Gasteiger partial charge in [0.1, 0.15) is 12.6 Å². The Hall–Kier alpha value is -2.71. The van der Waals surface area contributed by atoms with Crippen molar-refractivity contribution < 1.29 is 4.79 Å². The SMILES string of the molecule is CSc1cccc(NC(=O)Cn2cc(C#N)c3ccccc32)c1. The number of hydrogen-bond acceptors (Lipinski definition) is 3. The number of benzene rings is 2. The molecule has 1 N–H and O–H groups in total. The van der Waals surface area contributed by atoms with Gasteiger partial charge in [0, 0.05) is 27.7 Å². The fourth-order valence-electron chi connectivity index (χ4n) is 2.52. The quantitative estimate of drug-likeness (QED) is 0.742. The summed E-state index contributed by atoms with van der Waals surface area (Å²) in [5.41, 5.74) is 2.24. The van der Waals surface area contributed by atoms with Crippen LogP contribution >= 0.6 is 11.8 Å².